The van der Waals surface area contributed by atoms with Crippen LogP contribution in [0.15, 0.2) is 24.3 Å². The van der Waals surface area contributed by atoms with Crippen LogP contribution in [-0.2, 0) is 18.9 Å². The highest BCUT2D eigenvalue weighted by Crippen LogP contribution is 2.30. The number of methoxy groups -OCH3 is 4. The second kappa shape index (κ2) is 7.61. The van der Waals surface area contributed by atoms with E-state index in [9.17, 15) is 9.59 Å². The second-order valence-electron chi connectivity index (χ2n) is 6.10. The molecule has 25 heavy (non-hydrogen) atoms. The molecule has 2 rings (SSSR count). The van der Waals surface area contributed by atoms with Crippen LogP contribution >= 0.6 is 0 Å². The van der Waals surface area contributed by atoms with Gasteiger partial charge in [-0.15, -0.1) is 0 Å². The zero-order valence-electron chi connectivity index (χ0n) is 15.3. The lowest BCUT2D eigenvalue weighted by molar-refractivity contribution is -0.244. The van der Waals surface area contributed by atoms with Gasteiger partial charge in [-0.1, -0.05) is 12.1 Å². The smallest absolute Gasteiger partial charge is 0.261 e. The fourth-order valence-corrected chi connectivity index (χ4v) is 2.82. The van der Waals surface area contributed by atoms with E-state index in [-0.39, 0.29) is 18.4 Å². The summed E-state index contributed by atoms with van der Waals surface area (Å²) in [5, 5.41) is 0. The van der Waals surface area contributed by atoms with Crippen molar-refractivity contribution in [1.82, 2.24) is 4.90 Å². The first-order valence-electron chi connectivity index (χ1n) is 8.01. The second-order valence-corrected chi connectivity index (χ2v) is 6.10. The number of amides is 2. The molecule has 0 aromatic heterocycles. The van der Waals surface area contributed by atoms with Gasteiger partial charge in [0.1, 0.15) is 0 Å². The maximum absolute atomic E-state index is 12.6. The average molecular weight is 351 g/mol. The maximum atomic E-state index is 12.6. The van der Waals surface area contributed by atoms with Crippen LogP contribution in [0.1, 0.15) is 40.5 Å². The molecule has 1 heterocycles. The SMILES string of the molecule is COC(C)(CCC(CN1C(=O)c2ccccc2C1=O)(OC)OC)OC. The first-order valence-corrected chi connectivity index (χ1v) is 8.01. The molecule has 0 unspecified atom stereocenters. The molecule has 1 aromatic rings. The minimum absolute atomic E-state index is 0.0180. The molecule has 1 aliphatic heterocycles. The number of fused-ring (bicyclic) bond motifs is 1. The molecule has 0 aliphatic carbocycles. The monoisotopic (exact) mass is 351 g/mol. The number of ether oxygens (including phenoxy) is 4. The molecule has 7 heteroatoms. The van der Waals surface area contributed by atoms with Crippen molar-refractivity contribution in [1.29, 1.82) is 0 Å². The first-order chi connectivity index (χ1) is 11.8. The van der Waals surface area contributed by atoms with E-state index in [0.717, 1.165) is 4.90 Å². The summed E-state index contributed by atoms with van der Waals surface area (Å²) in [4.78, 5) is 26.3. The van der Waals surface area contributed by atoms with Crippen LogP contribution in [-0.4, -0.2) is 63.3 Å². The van der Waals surface area contributed by atoms with E-state index in [2.05, 4.69) is 0 Å². The molecule has 1 aromatic carbocycles. The summed E-state index contributed by atoms with van der Waals surface area (Å²) in [6.07, 6.45) is 0.816. The van der Waals surface area contributed by atoms with E-state index in [1.807, 2.05) is 0 Å². The molecule has 0 saturated heterocycles. The van der Waals surface area contributed by atoms with Gasteiger partial charge in [-0.05, 0) is 19.1 Å². The standard InChI is InChI=1S/C18H25NO6/c1-17(22-2,23-3)10-11-18(24-4,25-5)12-19-15(20)13-8-6-7-9-14(13)16(19)21/h6-9H,10-12H2,1-5H3. The number of hydrogen-bond acceptors (Lipinski definition) is 6. The Bertz CT molecular complexity index is 601. The highest BCUT2D eigenvalue weighted by atomic mass is 16.7. The predicted octanol–water partition coefficient (Wildman–Crippen LogP) is 2.06. The van der Waals surface area contributed by atoms with Crippen LogP contribution in [0.2, 0.25) is 0 Å². The number of carbonyl (C=O) groups is 2. The van der Waals surface area contributed by atoms with Crippen molar-refractivity contribution in [2.24, 2.45) is 0 Å². The largest absolute Gasteiger partial charge is 0.353 e. The van der Waals surface area contributed by atoms with Crippen molar-refractivity contribution in [3.63, 3.8) is 0 Å². The molecule has 138 valence electrons. The van der Waals surface area contributed by atoms with Crippen molar-refractivity contribution in [2.45, 2.75) is 31.3 Å². The van der Waals surface area contributed by atoms with Gasteiger partial charge < -0.3 is 18.9 Å². The quantitative estimate of drug-likeness (QED) is 0.501. The lowest BCUT2D eigenvalue weighted by atomic mass is 10.0. The predicted molar refractivity (Wildman–Crippen MR) is 90.2 cm³/mol. The molecule has 0 spiro atoms. The summed E-state index contributed by atoms with van der Waals surface area (Å²) in [5.74, 6) is -2.66. The van der Waals surface area contributed by atoms with Gasteiger partial charge in [0, 0.05) is 41.3 Å². The number of nitrogens with zero attached hydrogens (tertiary/aromatic N) is 1. The Kier molecular flexibility index (Phi) is 5.95. The number of hydrogen-bond donors (Lipinski definition) is 0. The van der Waals surface area contributed by atoms with Crippen molar-refractivity contribution in [2.75, 3.05) is 35.0 Å². The number of rotatable bonds is 9. The minimum atomic E-state index is -1.15. The zero-order chi connectivity index (χ0) is 18.7. The average Bonchev–Trinajstić information content (AvgIpc) is 2.89. The summed E-state index contributed by atoms with van der Waals surface area (Å²) in [6, 6.07) is 6.75. The van der Waals surface area contributed by atoms with Crippen LogP contribution in [0.4, 0.5) is 0 Å². The summed E-state index contributed by atoms with van der Waals surface area (Å²) in [7, 11) is 6.07. The summed E-state index contributed by atoms with van der Waals surface area (Å²) < 4.78 is 21.8. The van der Waals surface area contributed by atoms with Gasteiger partial charge in [-0.25, -0.2) is 0 Å². The van der Waals surface area contributed by atoms with Gasteiger partial charge in [0.15, 0.2) is 11.6 Å². The van der Waals surface area contributed by atoms with E-state index in [0.29, 0.717) is 24.0 Å². The van der Waals surface area contributed by atoms with Crippen LogP contribution < -0.4 is 0 Å². The Morgan fingerprint density at radius 3 is 1.72 bits per heavy atom. The van der Waals surface area contributed by atoms with Gasteiger partial charge in [0.05, 0.1) is 17.7 Å². The van der Waals surface area contributed by atoms with E-state index < -0.39 is 11.6 Å². The molecule has 0 atom stereocenters. The first kappa shape index (κ1) is 19.5. The molecule has 0 N–H and O–H groups in total. The van der Waals surface area contributed by atoms with Gasteiger partial charge in [-0.2, -0.15) is 0 Å². The lowest BCUT2D eigenvalue weighted by Crippen LogP contribution is -2.49. The summed E-state index contributed by atoms with van der Waals surface area (Å²) >= 11 is 0. The van der Waals surface area contributed by atoms with Crippen LogP contribution in [0.25, 0.3) is 0 Å². The topological polar surface area (TPSA) is 74.3 Å². The molecule has 7 nitrogen and oxygen atoms in total. The highest BCUT2D eigenvalue weighted by Gasteiger charge is 2.43. The Balaban J connectivity index is 2.19. The van der Waals surface area contributed by atoms with Crippen molar-refractivity contribution < 1.29 is 28.5 Å². The molecular weight excluding hydrogens is 326 g/mol. The summed E-state index contributed by atoms with van der Waals surface area (Å²) in [6.45, 7) is 1.78. The zero-order valence-corrected chi connectivity index (χ0v) is 15.3. The fourth-order valence-electron chi connectivity index (χ4n) is 2.82. The Morgan fingerprint density at radius 2 is 1.32 bits per heavy atom. The Morgan fingerprint density at radius 1 is 0.840 bits per heavy atom. The maximum Gasteiger partial charge on any atom is 0.261 e. The third-order valence-corrected chi connectivity index (χ3v) is 4.84. The van der Waals surface area contributed by atoms with Crippen LogP contribution in [0.5, 0.6) is 0 Å². The van der Waals surface area contributed by atoms with Crippen molar-refractivity contribution >= 4 is 11.8 Å². The van der Waals surface area contributed by atoms with Crippen molar-refractivity contribution in [3.05, 3.63) is 35.4 Å². The molecular formula is C18H25NO6. The number of carbonyl (C=O) groups excluding carboxylic acids is 2. The number of imide groups is 1. The normalized spacial score (nSPS) is 15.0. The Hall–Kier alpha value is -1.80. The van der Waals surface area contributed by atoms with Gasteiger partial charge >= 0.3 is 0 Å². The van der Waals surface area contributed by atoms with E-state index in [4.69, 9.17) is 18.9 Å². The number of benzene rings is 1. The van der Waals surface area contributed by atoms with E-state index in [1.165, 1.54) is 14.2 Å². The lowest BCUT2D eigenvalue weighted by Gasteiger charge is -2.36. The van der Waals surface area contributed by atoms with E-state index in [1.54, 1.807) is 45.4 Å². The molecule has 0 radical (unpaired) electrons. The molecule has 2 amide bonds. The third-order valence-electron chi connectivity index (χ3n) is 4.84. The van der Waals surface area contributed by atoms with Crippen LogP contribution in [0, 0.1) is 0 Å². The van der Waals surface area contributed by atoms with Crippen molar-refractivity contribution in [3.8, 4) is 0 Å². The van der Waals surface area contributed by atoms with Gasteiger partial charge in [-0.3, -0.25) is 14.5 Å². The third kappa shape index (κ3) is 3.74. The molecule has 0 bridgehead atoms. The Labute approximate surface area is 147 Å². The van der Waals surface area contributed by atoms with Crippen LogP contribution in [0.3, 0.4) is 0 Å². The van der Waals surface area contributed by atoms with Gasteiger partial charge in [0.2, 0.25) is 0 Å². The molecule has 0 fully saturated rings. The summed E-state index contributed by atoms with van der Waals surface area (Å²) in [5.41, 5.74) is 0.791. The van der Waals surface area contributed by atoms with E-state index >= 15 is 0 Å². The highest BCUT2D eigenvalue weighted by molar-refractivity contribution is 6.21. The molecule has 1 aliphatic rings. The fraction of sp³-hybridized carbons (Fsp3) is 0.556. The molecule has 0 saturated carbocycles. The van der Waals surface area contributed by atoms with Gasteiger partial charge in [0.25, 0.3) is 11.8 Å². The minimum Gasteiger partial charge on any atom is -0.353 e.